The zero-order valence-electron chi connectivity index (χ0n) is 12.0. The predicted molar refractivity (Wildman–Crippen MR) is 72.9 cm³/mol. The summed E-state index contributed by atoms with van der Waals surface area (Å²) in [6, 6.07) is 0.591. The van der Waals surface area contributed by atoms with E-state index in [2.05, 4.69) is 44.3 Å². The fraction of sp³-hybridized carbons (Fsp3) is 0.786. The molecule has 0 saturated carbocycles. The quantitative estimate of drug-likeness (QED) is 0.790. The Balaban J connectivity index is 2.23. The molecule has 0 aliphatic carbocycles. The van der Waals surface area contributed by atoms with Gasteiger partial charge < -0.3 is 5.32 Å². The van der Waals surface area contributed by atoms with Crippen molar-refractivity contribution in [2.24, 2.45) is 13.0 Å². The Morgan fingerprint density at radius 1 is 1.29 bits per heavy atom. The summed E-state index contributed by atoms with van der Waals surface area (Å²) in [5.41, 5.74) is 2.44. The SMILES string of the molecule is Cc1nn(C)cc1CNC(C)CCCC(C)C. The summed E-state index contributed by atoms with van der Waals surface area (Å²) in [4.78, 5) is 0. The molecule has 0 bridgehead atoms. The molecule has 3 nitrogen and oxygen atoms in total. The van der Waals surface area contributed by atoms with Crippen molar-refractivity contribution in [3.8, 4) is 0 Å². The van der Waals surface area contributed by atoms with Crippen molar-refractivity contribution < 1.29 is 0 Å². The highest BCUT2D eigenvalue weighted by atomic mass is 15.2. The molecule has 1 aromatic heterocycles. The summed E-state index contributed by atoms with van der Waals surface area (Å²) in [7, 11) is 1.97. The average molecular weight is 237 g/mol. The summed E-state index contributed by atoms with van der Waals surface area (Å²) < 4.78 is 1.88. The lowest BCUT2D eigenvalue weighted by atomic mass is 10.0. The number of rotatable bonds is 7. The first-order valence-electron chi connectivity index (χ1n) is 6.71. The molecular weight excluding hydrogens is 210 g/mol. The van der Waals surface area contributed by atoms with E-state index in [1.54, 1.807) is 0 Å². The van der Waals surface area contributed by atoms with Crippen LogP contribution in [-0.4, -0.2) is 15.8 Å². The molecule has 98 valence electrons. The van der Waals surface area contributed by atoms with Gasteiger partial charge in [-0.3, -0.25) is 4.68 Å². The van der Waals surface area contributed by atoms with Crippen molar-refractivity contribution in [2.45, 2.75) is 59.5 Å². The smallest absolute Gasteiger partial charge is 0.0638 e. The van der Waals surface area contributed by atoms with Crippen LogP contribution >= 0.6 is 0 Å². The highest BCUT2D eigenvalue weighted by Crippen LogP contribution is 2.09. The Hall–Kier alpha value is -0.830. The zero-order valence-corrected chi connectivity index (χ0v) is 12.0. The van der Waals surface area contributed by atoms with Gasteiger partial charge in [0.1, 0.15) is 0 Å². The summed E-state index contributed by atoms with van der Waals surface area (Å²) >= 11 is 0. The minimum atomic E-state index is 0.591. The lowest BCUT2D eigenvalue weighted by Crippen LogP contribution is -2.25. The lowest BCUT2D eigenvalue weighted by molar-refractivity contribution is 0.457. The first-order chi connectivity index (χ1) is 7.99. The average Bonchev–Trinajstić information content (AvgIpc) is 2.54. The van der Waals surface area contributed by atoms with Gasteiger partial charge in [0.05, 0.1) is 5.69 Å². The highest BCUT2D eigenvalue weighted by Gasteiger charge is 2.06. The molecule has 0 radical (unpaired) electrons. The molecule has 0 amide bonds. The van der Waals surface area contributed by atoms with Crippen molar-refractivity contribution in [3.05, 3.63) is 17.5 Å². The molecule has 1 aromatic rings. The monoisotopic (exact) mass is 237 g/mol. The van der Waals surface area contributed by atoms with Crippen LogP contribution in [0.3, 0.4) is 0 Å². The lowest BCUT2D eigenvalue weighted by Gasteiger charge is -2.14. The van der Waals surface area contributed by atoms with Crippen LogP contribution in [0.2, 0.25) is 0 Å². The molecule has 0 aliphatic heterocycles. The maximum Gasteiger partial charge on any atom is 0.0638 e. The van der Waals surface area contributed by atoms with Gasteiger partial charge >= 0.3 is 0 Å². The van der Waals surface area contributed by atoms with Gasteiger partial charge in [0.2, 0.25) is 0 Å². The molecule has 17 heavy (non-hydrogen) atoms. The topological polar surface area (TPSA) is 29.9 Å². The van der Waals surface area contributed by atoms with Crippen molar-refractivity contribution >= 4 is 0 Å². The summed E-state index contributed by atoms with van der Waals surface area (Å²) in [6.45, 7) is 9.85. The van der Waals surface area contributed by atoms with E-state index in [0.717, 1.165) is 18.2 Å². The second-order valence-electron chi connectivity index (χ2n) is 5.52. The Labute approximate surface area is 106 Å². The van der Waals surface area contributed by atoms with E-state index in [1.807, 2.05) is 11.7 Å². The molecule has 1 N–H and O–H groups in total. The van der Waals surface area contributed by atoms with Crippen LogP contribution in [0.5, 0.6) is 0 Å². The van der Waals surface area contributed by atoms with Crippen LogP contribution in [0, 0.1) is 12.8 Å². The molecule has 1 atom stereocenters. The molecular formula is C14H27N3. The standard InChI is InChI=1S/C14H27N3/c1-11(2)7-6-8-12(3)15-9-14-10-17(5)16-13(14)4/h10-12,15H,6-9H2,1-5H3. The Kier molecular flexibility index (Phi) is 5.69. The third-order valence-electron chi connectivity index (χ3n) is 3.17. The van der Waals surface area contributed by atoms with Crippen molar-refractivity contribution in [1.29, 1.82) is 0 Å². The molecule has 3 heteroatoms. The van der Waals surface area contributed by atoms with Crippen LogP contribution in [0.15, 0.2) is 6.20 Å². The van der Waals surface area contributed by atoms with Crippen LogP contribution in [0.1, 0.15) is 51.3 Å². The molecule has 0 spiro atoms. The second kappa shape index (κ2) is 6.80. The molecule has 0 aromatic carbocycles. The summed E-state index contributed by atoms with van der Waals surface area (Å²) in [6.07, 6.45) is 6.01. The highest BCUT2D eigenvalue weighted by molar-refractivity contribution is 5.14. The predicted octanol–water partition coefficient (Wildman–Crippen LogP) is 3.03. The summed E-state index contributed by atoms with van der Waals surface area (Å²) in [5, 5.41) is 7.92. The van der Waals surface area contributed by atoms with E-state index in [0.29, 0.717) is 6.04 Å². The van der Waals surface area contributed by atoms with Gasteiger partial charge in [0.15, 0.2) is 0 Å². The third kappa shape index (κ3) is 5.35. The maximum absolute atomic E-state index is 4.35. The maximum atomic E-state index is 4.35. The number of aryl methyl sites for hydroxylation is 2. The van der Waals surface area contributed by atoms with Gasteiger partial charge in [-0.15, -0.1) is 0 Å². The van der Waals surface area contributed by atoms with Gasteiger partial charge in [-0.25, -0.2) is 0 Å². The van der Waals surface area contributed by atoms with Crippen LogP contribution < -0.4 is 5.32 Å². The van der Waals surface area contributed by atoms with E-state index < -0.39 is 0 Å². The van der Waals surface area contributed by atoms with Gasteiger partial charge in [0, 0.05) is 31.4 Å². The fourth-order valence-corrected chi connectivity index (χ4v) is 2.04. The van der Waals surface area contributed by atoms with Gasteiger partial charge in [-0.05, 0) is 26.2 Å². The van der Waals surface area contributed by atoms with E-state index in [4.69, 9.17) is 0 Å². The third-order valence-corrected chi connectivity index (χ3v) is 3.17. The number of nitrogens with one attached hydrogen (secondary N) is 1. The van der Waals surface area contributed by atoms with Gasteiger partial charge in [0.25, 0.3) is 0 Å². The molecule has 1 heterocycles. The van der Waals surface area contributed by atoms with Crippen molar-refractivity contribution in [1.82, 2.24) is 15.1 Å². The molecule has 1 unspecified atom stereocenters. The number of hydrogen-bond acceptors (Lipinski definition) is 2. The molecule has 0 fully saturated rings. The van der Waals surface area contributed by atoms with Crippen LogP contribution in [0.4, 0.5) is 0 Å². The largest absolute Gasteiger partial charge is 0.310 e. The Morgan fingerprint density at radius 3 is 2.53 bits per heavy atom. The zero-order chi connectivity index (χ0) is 12.8. The van der Waals surface area contributed by atoms with Crippen LogP contribution in [-0.2, 0) is 13.6 Å². The Morgan fingerprint density at radius 2 is 2.00 bits per heavy atom. The second-order valence-corrected chi connectivity index (χ2v) is 5.52. The van der Waals surface area contributed by atoms with E-state index >= 15 is 0 Å². The first kappa shape index (κ1) is 14.2. The first-order valence-corrected chi connectivity index (χ1v) is 6.71. The van der Waals surface area contributed by atoms with Gasteiger partial charge in [-0.2, -0.15) is 5.10 Å². The fourth-order valence-electron chi connectivity index (χ4n) is 2.04. The van der Waals surface area contributed by atoms with Gasteiger partial charge in [-0.1, -0.05) is 26.7 Å². The van der Waals surface area contributed by atoms with Crippen molar-refractivity contribution in [2.75, 3.05) is 0 Å². The molecule has 0 aliphatic rings. The van der Waals surface area contributed by atoms with E-state index in [-0.39, 0.29) is 0 Å². The Bertz CT molecular complexity index is 328. The summed E-state index contributed by atoms with van der Waals surface area (Å²) in [5.74, 6) is 0.822. The molecule has 0 saturated heterocycles. The molecule has 1 rings (SSSR count). The number of nitrogens with zero attached hydrogens (tertiary/aromatic N) is 2. The minimum Gasteiger partial charge on any atom is -0.310 e. The normalized spacial score (nSPS) is 13.3. The minimum absolute atomic E-state index is 0.591. The van der Waals surface area contributed by atoms with E-state index in [9.17, 15) is 0 Å². The number of hydrogen-bond donors (Lipinski definition) is 1. The number of aromatic nitrogens is 2. The van der Waals surface area contributed by atoms with E-state index in [1.165, 1.54) is 24.8 Å². The van der Waals surface area contributed by atoms with Crippen LogP contribution in [0.25, 0.3) is 0 Å². The van der Waals surface area contributed by atoms with Crippen molar-refractivity contribution in [3.63, 3.8) is 0 Å².